The number of hydrogen-bond acceptors (Lipinski definition) is 5. The summed E-state index contributed by atoms with van der Waals surface area (Å²) in [6.45, 7) is 2.76. The first-order chi connectivity index (χ1) is 13.8. The molecule has 9 nitrogen and oxygen atoms in total. The van der Waals surface area contributed by atoms with Gasteiger partial charge in [-0.1, -0.05) is 23.2 Å². The van der Waals surface area contributed by atoms with Crippen LogP contribution in [-0.2, 0) is 0 Å². The van der Waals surface area contributed by atoms with Gasteiger partial charge in [0, 0.05) is 36.6 Å². The van der Waals surface area contributed by atoms with Gasteiger partial charge in [0.15, 0.2) is 0 Å². The zero-order valence-corrected chi connectivity index (χ0v) is 17.2. The Bertz CT molecular complexity index is 938. The summed E-state index contributed by atoms with van der Waals surface area (Å²) in [5, 5.41) is 16.2. The number of carbonyl (C=O) groups is 1. The highest BCUT2D eigenvalue weighted by molar-refractivity contribution is 6.42. The van der Waals surface area contributed by atoms with Crippen LogP contribution in [0.15, 0.2) is 29.3 Å². The van der Waals surface area contributed by atoms with E-state index in [1.807, 2.05) is 6.92 Å². The van der Waals surface area contributed by atoms with Gasteiger partial charge in [-0.25, -0.2) is 9.78 Å². The van der Waals surface area contributed by atoms with E-state index in [-0.39, 0.29) is 17.9 Å². The highest BCUT2D eigenvalue weighted by Crippen LogP contribution is 2.25. The minimum Gasteiger partial charge on any atom is -0.465 e. The number of likely N-dealkylation sites (tertiary alicyclic amines) is 1. The summed E-state index contributed by atoms with van der Waals surface area (Å²) in [5.41, 5.74) is 7.28. The molecule has 0 bridgehead atoms. The van der Waals surface area contributed by atoms with Crippen molar-refractivity contribution in [3.8, 4) is 0 Å². The van der Waals surface area contributed by atoms with E-state index in [0.29, 0.717) is 40.3 Å². The zero-order valence-electron chi connectivity index (χ0n) is 15.7. The summed E-state index contributed by atoms with van der Waals surface area (Å²) in [6, 6.07) is 6.75. The predicted octanol–water partition coefficient (Wildman–Crippen LogP) is 3.70. The minimum atomic E-state index is -0.915. The molecule has 11 heteroatoms. The number of nitrogens with two attached hydrogens (primary N) is 1. The van der Waals surface area contributed by atoms with Gasteiger partial charge >= 0.3 is 6.09 Å². The lowest BCUT2D eigenvalue weighted by atomic mass is 10.1. The number of hydrogen-bond donors (Lipinski definition) is 4. The van der Waals surface area contributed by atoms with Crippen LogP contribution in [0.25, 0.3) is 0 Å². The second-order valence-electron chi connectivity index (χ2n) is 6.66. The Balaban J connectivity index is 1.71. The Hall–Kier alpha value is -2.78. The maximum Gasteiger partial charge on any atom is 0.407 e. The van der Waals surface area contributed by atoms with Crippen molar-refractivity contribution in [2.24, 2.45) is 10.7 Å². The maximum absolute atomic E-state index is 11.2. The summed E-state index contributed by atoms with van der Waals surface area (Å²) >= 11 is 11.9. The third-order valence-corrected chi connectivity index (χ3v) is 5.04. The van der Waals surface area contributed by atoms with Crippen molar-refractivity contribution in [3.63, 3.8) is 0 Å². The summed E-state index contributed by atoms with van der Waals surface area (Å²) in [6.07, 6.45) is 0.730. The van der Waals surface area contributed by atoms with Crippen LogP contribution in [0, 0.1) is 6.92 Å². The van der Waals surface area contributed by atoms with Gasteiger partial charge in [-0.2, -0.15) is 9.98 Å². The maximum atomic E-state index is 11.2. The molecule has 0 spiro atoms. The summed E-state index contributed by atoms with van der Waals surface area (Å²) < 4.78 is 0. The van der Waals surface area contributed by atoms with Crippen molar-refractivity contribution in [2.75, 3.05) is 23.7 Å². The average molecular weight is 438 g/mol. The SMILES string of the molecule is Cc1cc(NC2CCCN(C(=O)O)C2)nc(N=C(N)Nc2ccc(Cl)c(Cl)c2)n1. The number of anilines is 2. The molecule has 1 aliphatic rings. The molecule has 1 aliphatic heterocycles. The Morgan fingerprint density at radius 3 is 2.83 bits per heavy atom. The zero-order chi connectivity index (χ0) is 21.0. The number of aromatic nitrogens is 2. The summed E-state index contributed by atoms with van der Waals surface area (Å²) in [7, 11) is 0. The first-order valence-corrected chi connectivity index (χ1v) is 9.72. The van der Waals surface area contributed by atoms with E-state index >= 15 is 0 Å². The predicted molar refractivity (Wildman–Crippen MR) is 114 cm³/mol. The number of nitrogens with zero attached hydrogens (tertiary/aromatic N) is 4. The van der Waals surface area contributed by atoms with E-state index in [1.54, 1.807) is 24.3 Å². The van der Waals surface area contributed by atoms with Crippen LogP contribution in [0.3, 0.4) is 0 Å². The molecule has 154 valence electrons. The van der Waals surface area contributed by atoms with E-state index in [9.17, 15) is 9.90 Å². The third-order valence-electron chi connectivity index (χ3n) is 4.30. The van der Waals surface area contributed by atoms with Gasteiger partial charge in [0.25, 0.3) is 5.95 Å². The number of amides is 1. The van der Waals surface area contributed by atoms with Crippen LogP contribution in [0.4, 0.5) is 22.2 Å². The monoisotopic (exact) mass is 437 g/mol. The van der Waals surface area contributed by atoms with Crippen LogP contribution < -0.4 is 16.4 Å². The normalized spacial score (nSPS) is 17.1. The number of halogens is 2. The number of nitrogens with one attached hydrogen (secondary N) is 2. The Kier molecular flexibility index (Phi) is 6.60. The van der Waals surface area contributed by atoms with Crippen LogP contribution in [0.1, 0.15) is 18.5 Å². The summed E-state index contributed by atoms with van der Waals surface area (Å²) in [5.74, 6) is 0.842. The molecule has 5 N–H and O–H groups in total. The number of piperidine rings is 1. The third kappa shape index (κ3) is 5.85. The largest absolute Gasteiger partial charge is 0.465 e. The number of rotatable bonds is 4. The second-order valence-corrected chi connectivity index (χ2v) is 7.47. The Morgan fingerprint density at radius 1 is 1.31 bits per heavy atom. The van der Waals surface area contributed by atoms with Gasteiger partial charge < -0.3 is 26.4 Å². The van der Waals surface area contributed by atoms with Crippen LogP contribution in [0.5, 0.6) is 0 Å². The number of aryl methyl sites for hydroxylation is 1. The fourth-order valence-corrected chi connectivity index (χ4v) is 3.31. The molecule has 1 fully saturated rings. The van der Waals surface area contributed by atoms with Crippen molar-refractivity contribution >= 4 is 52.7 Å². The minimum absolute atomic E-state index is 0.0299. The van der Waals surface area contributed by atoms with Crippen LogP contribution >= 0.6 is 23.2 Å². The highest BCUT2D eigenvalue weighted by Gasteiger charge is 2.23. The van der Waals surface area contributed by atoms with Crippen LogP contribution in [-0.4, -0.2) is 51.2 Å². The number of benzene rings is 1. The lowest BCUT2D eigenvalue weighted by Crippen LogP contribution is -2.44. The quantitative estimate of drug-likeness (QED) is 0.423. The first kappa shape index (κ1) is 20.9. The van der Waals surface area contributed by atoms with Gasteiger partial charge in [-0.15, -0.1) is 0 Å². The highest BCUT2D eigenvalue weighted by atomic mass is 35.5. The van der Waals surface area contributed by atoms with E-state index in [4.69, 9.17) is 28.9 Å². The van der Waals surface area contributed by atoms with Gasteiger partial charge in [0.1, 0.15) is 5.82 Å². The van der Waals surface area contributed by atoms with Gasteiger partial charge in [0.05, 0.1) is 10.0 Å². The van der Waals surface area contributed by atoms with E-state index in [1.165, 1.54) is 4.90 Å². The molecule has 2 heterocycles. The molecule has 2 aromatic rings. The fraction of sp³-hybridized carbons (Fsp3) is 0.333. The smallest absolute Gasteiger partial charge is 0.407 e. The Morgan fingerprint density at radius 2 is 2.10 bits per heavy atom. The van der Waals surface area contributed by atoms with Gasteiger partial charge in [-0.3, -0.25) is 0 Å². The van der Waals surface area contributed by atoms with Crippen molar-refractivity contribution in [2.45, 2.75) is 25.8 Å². The molecular weight excluding hydrogens is 417 g/mol. The van der Waals surface area contributed by atoms with Gasteiger partial charge in [-0.05, 0) is 38.0 Å². The van der Waals surface area contributed by atoms with E-state index in [0.717, 1.165) is 12.8 Å². The van der Waals surface area contributed by atoms with Crippen molar-refractivity contribution in [1.82, 2.24) is 14.9 Å². The number of aliphatic imine (C=N–C) groups is 1. The molecule has 1 atom stereocenters. The van der Waals surface area contributed by atoms with Crippen molar-refractivity contribution in [3.05, 3.63) is 40.0 Å². The first-order valence-electron chi connectivity index (χ1n) is 8.96. The lowest BCUT2D eigenvalue weighted by Gasteiger charge is -2.31. The second kappa shape index (κ2) is 9.15. The molecule has 1 aromatic heterocycles. The molecule has 29 heavy (non-hydrogen) atoms. The molecule has 3 rings (SSSR count). The summed E-state index contributed by atoms with van der Waals surface area (Å²) in [4.78, 5) is 25.4. The van der Waals surface area contributed by atoms with Gasteiger partial charge in [0.2, 0.25) is 5.96 Å². The Labute approximate surface area is 177 Å². The molecule has 1 saturated heterocycles. The van der Waals surface area contributed by atoms with E-state index < -0.39 is 6.09 Å². The number of guanidine groups is 1. The number of carboxylic acid groups (broad SMARTS) is 1. The topological polar surface area (TPSA) is 129 Å². The fourth-order valence-electron chi connectivity index (χ4n) is 3.01. The molecule has 1 unspecified atom stereocenters. The molecule has 1 amide bonds. The van der Waals surface area contributed by atoms with Crippen LogP contribution in [0.2, 0.25) is 10.0 Å². The average Bonchev–Trinajstić information content (AvgIpc) is 2.64. The van der Waals surface area contributed by atoms with Crippen molar-refractivity contribution in [1.29, 1.82) is 0 Å². The molecule has 0 radical (unpaired) electrons. The van der Waals surface area contributed by atoms with E-state index in [2.05, 4.69) is 25.6 Å². The lowest BCUT2D eigenvalue weighted by molar-refractivity contribution is 0.133. The molecule has 0 saturated carbocycles. The standard InChI is InChI=1S/C18H21Cl2N7O2/c1-10-7-15(23-12-3-2-6-27(9-12)18(28)29)25-17(22-10)26-16(21)24-11-4-5-13(19)14(20)8-11/h4-5,7-8,12H,2-3,6,9H2,1H3,(H,28,29)(H4,21,22,23,24,25,26). The molecular formula is C18H21Cl2N7O2. The molecule has 1 aromatic carbocycles. The van der Waals surface area contributed by atoms with Crippen molar-refractivity contribution < 1.29 is 9.90 Å². The molecule has 0 aliphatic carbocycles.